The number of amides is 1. The van der Waals surface area contributed by atoms with Gasteiger partial charge in [0.05, 0.1) is 10.9 Å². The second kappa shape index (κ2) is 9.94. The number of carbonyl (C=O) groups is 1. The number of hydrazone groups is 1. The summed E-state index contributed by atoms with van der Waals surface area (Å²) in [5, 5.41) is 11.2. The van der Waals surface area contributed by atoms with Crippen molar-refractivity contribution in [2.24, 2.45) is 10.1 Å². The molecule has 0 bridgehead atoms. The average molecular weight is 567 g/mol. The van der Waals surface area contributed by atoms with E-state index in [0.717, 1.165) is 17.7 Å². The topological polar surface area (TPSA) is 70.2 Å². The lowest BCUT2D eigenvalue weighted by Crippen LogP contribution is -2.50. The fourth-order valence-corrected chi connectivity index (χ4v) is 5.24. The molecule has 1 amide bonds. The first kappa shape index (κ1) is 25.3. The molecule has 3 aromatic carbocycles. The fourth-order valence-electron chi connectivity index (χ4n) is 4.31. The maximum atomic E-state index is 13.3. The van der Waals surface area contributed by atoms with Crippen LogP contribution in [0.15, 0.2) is 99.4 Å². The lowest BCUT2D eigenvalue weighted by molar-refractivity contribution is -0.137. The molecule has 3 heterocycles. The van der Waals surface area contributed by atoms with Crippen molar-refractivity contribution >= 4 is 40.1 Å². The zero-order valence-electron chi connectivity index (χ0n) is 19.9. The highest BCUT2D eigenvalue weighted by Crippen LogP contribution is 2.36. The van der Waals surface area contributed by atoms with Crippen LogP contribution in [0.4, 0.5) is 13.2 Å². The van der Waals surface area contributed by atoms with Gasteiger partial charge in [0.25, 0.3) is 5.91 Å². The van der Waals surface area contributed by atoms with E-state index < -0.39 is 17.9 Å². The second-order valence-electron chi connectivity index (χ2n) is 8.77. The molecule has 11 heteroatoms. The predicted molar refractivity (Wildman–Crippen MR) is 143 cm³/mol. The van der Waals surface area contributed by atoms with Crippen LogP contribution in [-0.2, 0) is 16.7 Å². The molecule has 196 valence electrons. The number of alkyl halides is 3. The van der Waals surface area contributed by atoms with Crippen LogP contribution in [-0.4, -0.2) is 16.1 Å². The summed E-state index contributed by atoms with van der Waals surface area (Å²) in [5.74, 6) is 0.767. The highest BCUT2D eigenvalue weighted by atomic mass is 35.5. The third kappa shape index (κ3) is 5.05. The molecule has 2 aliphatic heterocycles. The molecule has 39 heavy (non-hydrogen) atoms. The number of benzene rings is 3. The third-order valence-electron chi connectivity index (χ3n) is 6.16. The zero-order valence-corrected chi connectivity index (χ0v) is 21.5. The van der Waals surface area contributed by atoms with E-state index in [2.05, 4.69) is 10.4 Å². The molecule has 0 radical (unpaired) electrons. The Balaban J connectivity index is 1.37. The van der Waals surface area contributed by atoms with Crippen LogP contribution in [0.25, 0.3) is 17.0 Å². The van der Waals surface area contributed by atoms with Gasteiger partial charge in [-0.05, 0) is 48.0 Å². The van der Waals surface area contributed by atoms with E-state index in [0.29, 0.717) is 38.0 Å². The first-order valence-electron chi connectivity index (χ1n) is 11.8. The van der Waals surface area contributed by atoms with Crippen LogP contribution in [0.1, 0.15) is 23.1 Å². The summed E-state index contributed by atoms with van der Waals surface area (Å²) >= 11 is 7.32. The van der Waals surface area contributed by atoms with E-state index in [4.69, 9.17) is 21.0 Å². The Hall–Kier alpha value is -4.02. The first-order valence-corrected chi connectivity index (χ1v) is 13.1. The smallest absolute Gasteiger partial charge is 0.416 e. The van der Waals surface area contributed by atoms with Crippen molar-refractivity contribution in [3.63, 3.8) is 0 Å². The number of nitrogens with zero attached hydrogens (tertiary/aromatic N) is 3. The van der Waals surface area contributed by atoms with E-state index >= 15 is 0 Å². The minimum Gasteiger partial charge on any atom is -0.457 e. The van der Waals surface area contributed by atoms with Gasteiger partial charge < -0.3 is 4.42 Å². The van der Waals surface area contributed by atoms with Gasteiger partial charge in [-0.1, -0.05) is 65.8 Å². The van der Waals surface area contributed by atoms with Gasteiger partial charge in [0.2, 0.25) is 6.17 Å². The van der Waals surface area contributed by atoms with Gasteiger partial charge in [0.15, 0.2) is 10.9 Å². The Morgan fingerprint density at radius 1 is 1.00 bits per heavy atom. The van der Waals surface area contributed by atoms with Crippen molar-refractivity contribution in [2.45, 2.75) is 18.1 Å². The molecular weight excluding hydrogens is 549 g/mol. The fraction of sp³-hybridized carbons (Fsp3) is 0.107. The summed E-state index contributed by atoms with van der Waals surface area (Å²) in [6.07, 6.45) is -5.32. The minimum atomic E-state index is -4.48. The Kier molecular flexibility index (Phi) is 6.44. The normalized spacial score (nSPS) is 16.7. The van der Waals surface area contributed by atoms with Gasteiger partial charge in [-0.15, -0.1) is 5.10 Å². The molecule has 6 rings (SSSR count). The van der Waals surface area contributed by atoms with Crippen molar-refractivity contribution < 1.29 is 22.4 Å². The molecular formula is C28H18ClF3N4O2S. The molecule has 0 spiro atoms. The van der Waals surface area contributed by atoms with Crippen LogP contribution in [0.2, 0.25) is 5.02 Å². The molecule has 2 aliphatic rings. The number of hydrogen-bond acceptors (Lipinski definition) is 6. The minimum absolute atomic E-state index is 0.245. The zero-order chi connectivity index (χ0) is 27.1. The van der Waals surface area contributed by atoms with E-state index in [1.54, 1.807) is 48.5 Å². The third-order valence-corrected chi connectivity index (χ3v) is 7.35. The molecule has 0 fully saturated rings. The van der Waals surface area contributed by atoms with Crippen LogP contribution in [0.3, 0.4) is 0 Å². The van der Waals surface area contributed by atoms with E-state index in [9.17, 15) is 18.0 Å². The summed E-state index contributed by atoms with van der Waals surface area (Å²) in [4.78, 5) is 18.1. The van der Waals surface area contributed by atoms with Crippen LogP contribution >= 0.6 is 23.4 Å². The monoisotopic (exact) mass is 566 g/mol. The number of rotatable bonds is 4. The Bertz CT molecular complexity index is 1730. The number of para-hydroxylation sites is 1. The van der Waals surface area contributed by atoms with Crippen molar-refractivity contribution in [1.29, 1.82) is 0 Å². The highest BCUT2D eigenvalue weighted by molar-refractivity contribution is 8.13. The van der Waals surface area contributed by atoms with Gasteiger partial charge in [-0.25, -0.2) is 10.0 Å². The van der Waals surface area contributed by atoms with Gasteiger partial charge in [-0.3, -0.25) is 10.1 Å². The van der Waals surface area contributed by atoms with Gasteiger partial charge >= 0.3 is 6.18 Å². The summed E-state index contributed by atoms with van der Waals surface area (Å²) in [6, 6.07) is 22.7. The molecule has 0 saturated carbocycles. The summed E-state index contributed by atoms with van der Waals surface area (Å²) in [6.45, 7) is 0. The number of amidine groups is 1. The number of furan rings is 1. The average Bonchev–Trinajstić information content (AvgIpc) is 3.42. The highest BCUT2D eigenvalue weighted by Gasteiger charge is 2.36. The van der Waals surface area contributed by atoms with Crippen LogP contribution in [0, 0.1) is 0 Å². The number of carbonyl (C=O) groups excluding carboxylic acids is 1. The lowest BCUT2D eigenvalue weighted by atomic mass is 10.1. The maximum absolute atomic E-state index is 13.3. The molecule has 0 unspecified atom stereocenters. The van der Waals surface area contributed by atoms with Crippen molar-refractivity contribution in [3.8, 4) is 11.3 Å². The molecule has 0 aliphatic carbocycles. The van der Waals surface area contributed by atoms with E-state index in [1.807, 2.05) is 18.2 Å². The summed E-state index contributed by atoms with van der Waals surface area (Å²) < 4.78 is 45.8. The molecule has 6 nitrogen and oxygen atoms in total. The number of halogens is 4. The van der Waals surface area contributed by atoms with Crippen molar-refractivity contribution in [1.82, 2.24) is 10.3 Å². The molecule has 0 saturated heterocycles. The van der Waals surface area contributed by atoms with Gasteiger partial charge in [-0.2, -0.15) is 13.2 Å². The Labute approximate surface area is 229 Å². The first-order chi connectivity index (χ1) is 18.8. The molecule has 1 aromatic heterocycles. The standard InChI is InChI=1S/C28H18ClF3N4O2S/c29-19-10-8-16(9-11-19)15-39-27-34-26(37)24-20-6-1-2-7-21(20)33-25(36(24)35-27)23-13-12-22(38-23)17-4-3-5-18(14-17)28(30,31)32/h1-14,25H,15H2,(H,34,35,37)/t25-/m0/s1. The van der Waals surface area contributed by atoms with Crippen LogP contribution < -0.4 is 15.9 Å². The molecule has 1 N–H and O–H groups in total. The lowest BCUT2D eigenvalue weighted by Gasteiger charge is -2.32. The van der Waals surface area contributed by atoms with Crippen molar-refractivity contribution in [3.05, 3.63) is 117 Å². The largest absolute Gasteiger partial charge is 0.457 e. The van der Waals surface area contributed by atoms with Crippen LogP contribution in [0.5, 0.6) is 0 Å². The SMILES string of the molecule is O=C1NC(SCc2ccc(Cl)cc2)=NN2C1=c1ccccc1=N[C@@H]2c1ccc(-c2cccc(C(F)(F)F)c2)o1. The summed E-state index contributed by atoms with van der Waals surface area (Å²) in [7, 11) is 0. The predicted octanol–water partition coefficient (Wildman–Crippen LogP) is 5.70. The second-order valence-corrected chi connectivity index (χ2v) is 10.2. The number of nitrogens with one attached hydrogen (secondary N) is 1. The van der Waals surface area contributed by atoms with E-state index in [1.165, 1.54) is 22.8 Å². The van der Waals surface area contributed by atoms with Gasteiger partial charge in [0.1, 0.15) is 11.5 Å². The Morgan fingerprint density at radius 2 is 1.79 bits per heavy atom. The number of hydrogen-bond donors (Lipinski definition) is 1. The number of fused-ring (bicyclic) bond motifs is 2. The van der Waals surface area contributed by atoms with Crippen molar-refractivity contribution in [2.75, 3.05) is 0 Å². The Morgan fingerprint density at radius 3 is 2.59 bits per heavy atom. The molecule has 4 aromatic rings. The number of thioether (sulfide) groups is 1. The van der Waals surface area contributed by atoms with Gasteiger partial charge in [0, 0.05) is 21.6 Å². The van der Waals surface area contributed by atoms with E-state index in [-0.39, 0.29) is 17.2 Å². The maximum Gasteiger partial charge on any atom is 0.416 e. The summed E-state index contributed by atoms with van der Waals surface area (Å²) in [5.41, 5.74) is 0.802. The molecule has 1 atom stereocenters. The quantitative estimate of drug-likeness (QED) is 0.344.